The molecule has 130 valence electrons. The van der Waals surface area contributed by atoms with Crippen LogP contribution in [0.3, 0.4) is 0 Å². The molecule has 0 spiro atoms. The predicted molar refractivity (Wildman–Crippen MR) is 98.4 cm³/mol. The second-order valence-corrected chi connectivity index (χ2v) is 5.62. The van der Waals surface area contributed by atoms with Crippen LogP contribution in [0.2, 0.25) is 0 Å². The zero-order valence-corrected chi connectivity index (χ0v) is 13.8. The standard InChI is InChI=1S/C19H15N3O4/c1-12(13-6-9-15(10-7-13)22(25)26)20-21-19(24)17-11-8-14-4-2-3-5-16(14)18(17)23/h2-11,23H,1H3,(H,21,24). The number of phenols is 1. The van der Waals surface area contributed by atoms with Gasteiger partial charge < -0.3 is 5.11 Å². The highest BCUT2D eigenvalue weighted by atomic mass is 16.6. The molecule has 3 aromatic rings. The Labute approximate surface area is 148 Å². The Kier molecular flexibility index (Phi) is 4.62. The molecule has 0 aromatic heterocycles. The molecule has 2 N–H and O–H groups in total. The number of nitro benzene ring substituents is 1. The highest BCUT2D eigenvalue weighted by Crippen LogP contribution is 2.28. The molecule has 0 fully saturated rings. The van der Waals surface area contributed by atoms with Crippen molar-refractivity contribution in [1.29, 1.82) is 0 Å². The lowest BCUT2D eigenvalue weighted by Crippen LogP contribution is -2.19. The van der Waals surface area contributed by atoms with Crippen molar-refractivity contribution in [2.24, 2.45) is 5.10 Å². The van der Waals surface area contributed by atoms with Gasteiger partial charge in [0, 0.05) is 17.5 Å². The Hall–Kier alpha value is -3.74. The lowest BCUT2D eigenvalue weighted by molar-refractivity contribution is -0.384. The Morgan fingerprint density at radius 1 is 1.08 bits per heavy atom. The number of benzene rings is 3. The van der Waals surface area contributed by atoms with Crippen molar-refractivity contribution in [3.05, 3.63) is 81.9 Å². The number of hydrazone groups is 1. The van der Waals surface area contributed by atoms with E-state index in [1.54, 1.807) is 37.3 Å². The van der Waals surface area contributed by atoms with E-state index in [0.29, 0.717) is 16.7 Å². The number of hydrogen-bond acceptors (Lipinski definition) is 5. The summed E-state index contributed by atoms with van der Waals surface area (Å²) in [5.41, 5.74) is 3.61. The van der Waals surface area contributed by atoms with Crippen LogP contribution in [0.15, 0.2) is 65.8 Å². The Balaban J connectivity index is 1.80. The van der Waals surface area contributed by atoms with E-state index in [-0.39, 0.29) is 17.0 Å². The lowest BCUT2D eigenvalue weighted by atomic mass is 10.1. The molecule has 0 atom stereocenters. The summed E-state index contributed by atoms with van der Waals surface area (Å²) in [7, 11) is 0. The molecule has 7 heteroatoms. The molecule has 26 heavy (non-hydrogen) atoms. The quantitative estimate of drug-likeness (QED) is 0.426. The first-order valence-corrected chi connectivity index (χ1v) is 7.77. The molecule has 1 amide bonds. The minimum atomic E-state index is -0.547. The van der Waals surface area contributed by atoms with Gasteiger partial charge in [-0.2, -0.15) is 5.10 Å². The molecule has 0 aliphatic heterocycles. The molecule has 0 aliphatic rings. The number of nitro groups is 1. The van der Waals surface area contributed by atoms with Gasteiger partial charge in [-0.1, -0.05) is 30.3 Å². The maximum atomic E-state index is 12.3. The van der Waals surface area contributed by atoms with E-state index in [9.17, 15) is 20.0 Å². The zero-order chi connectivity index (χ0) is 18.7. The van der Waals surface area contributed by atoms with E-state index in [2.05, 4.69) is 10.5 Å². The number of rotatable bonds is 4. The summed E-state index contributed by atoms with van der Waals surface area (Å²) in [6, 6.07) is 16.3. The maximum Gasteiger partial charge on any atom is 0.275 e. The van der Waals surface area contributed by atoms with E-state index in [1.165, 1.54) is 18.2 Å². The molecule has 7 nitrogen and oxygen atoms in total. The van der Waals surface area contributed by atoms with Crippen molar-refractivity contribution in [3.8, 4) is 5.75 Å². The van der Waals surface area contributed by atoms with Crippen molar-refractivity contribution in [2.75, 3.05) is 0 Å². The van der Waals surface area contributed by atoms with Crippen LogP contribution in [0.1, 0.15) is 22.8 Å². The summed E-state index contributed by atoms with van der Waals surface area (Å²) in [5.74, 6) is -0.654. The van der Waals surface area contributed by atoms with E-state index >= 15 is 0 Å². The van der Waals surface area contributed by atoms with Gasteiger partial charge in [-0.3, -0.25) is 14.9 Å². The van der Waals surface area contributed by atoms with E-state index in [0.717, 1.165) is 5.39 Å². The summed E-state index contributed by atoms with van der Waals surface area (Å²) in [4.78, 5) is 22.5. The van der Waals surface area contributed by atoms with Gasteiger partial charge >= 0.3 is 0 Å². The molecule has 0 aliphatic carbocycles. The number of fused-ring (bicyclic) bond motifs is 1. The maximum absolute atomic E-state index is 12.3. The number of carbonyl (C=O) groups excluding carboxylic acids is 1. The van der Waals surface area contributed by atoms with E-state index in [1.807, 2.05) is 12.1 Å². The number of nitrogens with zero attached hydrogens (tertiary/aromatic N) is 2. The first-order chi connectivity index (χ1) is 12.5. The predicted octanol–water partition coefficient (Wildman–Crippen LogP) is 3.61. The third-order valence-corrected chi connectivity index (χ3v) is 3.97. The summed E-state index contributed by atoms with van der Waals surface area (Å²) >= 11 is 0. The molecular weight excluding hydrogens is 334 g/mol. The number of amides is 1. The van der Waals surface area contributed by atoms with Crippen LogP contribution < -0.4 is 5.43 Å². The van der Waals surface area contributed by atoms with E-state index < -0.39 is 10.8 Å². The van der Waals surface area contributed by atoms with Gasteiger partial charge in [0.05, 0.1) is 16.2 Å². The van der Waals surface area contributed by atoms with Crippen molar-refractivity contribution in [1.82, 2.24) is 5.43 Å². The molecular formula is C19H15N3O4. The highest BCUT2D eigenvalue weighted by Gasteiger charge is 2.13. The monoisotopic (exact) mass is 349 g/mol. The second kappa shape index (κ2) is 7.02. The summed E-state index contributed by atoms with van der Waals surface area (Å²) < 4.78 is 0. The highest BCUT2D eigenvalue weighted by molar-refractivity contribution is 6.05. The zero-order valence-electron chi connectivity index (χ0n) is 13.8. The Bertz CT molecular complexity index is 1030. The van der Waals surface area contributed by atoms with Crippen molar-refractivity contribution >= 4 is 28.1 Å². The largest absolute Gasteiger partial charge is 0.506 e. The normalized spacial score (nSPS) is 11.3. The third kappa shape index (κ3) is 3.36. The van der Waals surface area contributed by atoms with Gasteiger partial charge in [0.1, 0.15) is 5.75 Å². The van der Waals surface area contributed by atoms with Gasteiger partial charge in [-0.05, 0) is 36.1 Å². The summed E-state index contributed by atoms with van der Waals surface area (Å²) in [5, 5.41) is 26.4. The minimum Gasteiger partial charge on any atom is -0.506 e. The number of aromatic hydroxyl groups is 1. The fraction of sp³-hybridized carbons (Fsp3) is 0.0526. The molecule has 3 aromatic carbocycles. The van der Waals surface area contributed by atoms with Crippen molar-refractivity contribution < 1.29 is 14.8 Å². The van der Waals surface area contributed by atoms with Crippen LogP contribution in [0.4, 0.5) is 5.69 Å². The van der Waals surface area contributed by atoms with Crippen LogP contribution >= 0.6 is 0 Å². The average molecular weight is 349 g/mol. The van der Waals surface area contributed by atoms with Crippen LogP contribution in [0, 0.1) is 10.1 Å². The number of carbonyl (C=O) groups is 1. The second-order valence-electron chi connectivity index (χ2n) is 5.62. The Morgan fingerprint density at radius 3 is 2.46 bits per heavy atom. The SMILES string of the molecule is CC(=NNC(=O)c1ccc2ccccc2c1O)c1ccc([N+](=O)[O-])cc1. The van der Waals surface area contributed by atoms with Gasteiger partial charge in [0.25, 0.3) is 11.6 Å². The molecule has 3 rings (SSSR count). The molecule has 0 heterocycles. The first kappa shape index (κ1) is 17.1. The minimum absolute atomic E-state index is 0.0216. The number of non-ortho nitro benzene ring substituents is 1. The van der Waals surface area contributed by atoms with Crippen LogP contribution in [-0.4, -0.2) is 21.6 Å². The van der Waals surface area contributed by atoms with Gasteiger partial charge in [-0.25, -0.2) is 5.43 Å². The molecule has 0 radical (unpaired) electrons. The lowest BCUT2D eigenvalue weighted by Gasteiger charge is -2.07. The average Bonchev–Trinajstić information content (AvgIpc) is 2.66. The van der Waals surface area contributed by atoms with Crippen molar-refractivity contribution in [2.45, 2.75) is 6.92 Å². The first-order valence-electron chi connectivity index (χ1n) is 7.77. The molecule has 0 bridgehead atoms. The van der Waals surface area contributed by atoms with E-state index in [4.69, 9.17) is 0 Å². The number of nitrogens with one attached hydrogen (secondary N) is 1. The van der Waals surface area contributed by atoms with Crippen LogP contribution in [0.5, 0.6) is 5.75 Å². The number of phenolic OH excluding ortho intramolecular Hbond substituents is 1. The van der Waals surface area contributed by atoms with Crippen molar-refractivity contribution in [3.63, 3.8) is 0 Å². The molecule has 0 saturated carbocycles. The summed E-state index contributed by atoms with van der Waals surface area (Å²) in [6.07, 6.45) is 0. The smallest absolute Gasteiger partial charge is 0.275 e. The fourth-order valence-corrected chi connectivity index (χ4v) is 2.52. The van der Waals surface area contributed by atoms with Gasteiger partial charge in [0.2, 0.25) is 0 Å². The van der Waals surface area contributed by atoms with Gasteiger partial charge in [0.15, 0.2) is 0 Å². The molecule has 0 unspecified atom stereocenters. The van der Waals surface area contributed by atoms with Gasteiger partial charge in [-0.15, -0.1) is 0 Å². The van der Waals surface area contributed by atoms with Crippen LogP contribution in [-0.2, 0) is 0 Å². The third-order valence-electron chi connectivity index (χ3n) is 3.97. The summed E-state index contributed by atoms with van der Waals surface area (Å²) in [6.45, 7) is 1.67. The fourth-order valence-electron chi connectivity index (χ4n) is 2.52. The Morgan fingerprint density at radius 2 is 1.77 bits per heavy atom. The number of hydrogen-bond donors (Lipinski definition) is 2. The van der Waals surface area contributed by atoms with Crippen LogP contribution in [0.25, 0.3) is 10.8 Å². The molecule has 0 saturated heterocycles. The topological polar surface area (TPSA) is 105 Å².